The van der Waals surface area contributed by atoms with Crippen molar-refractivity contribution in [3.8, 4) is 0 Å². The van der Waals surface area contributed by atoms with Gasteiger partial charge in [0.05, 0.1) is 0 Å². The zero-order valence-corrected chi connectivity index (χ0v) is 20.7. The van der Waals surface area contributed by atoms with E-state index in [0.717, 1.165) is 12.5 Å². The van der Waals surface area contributed by atoms with Crippen LogP contribution in [0.3, 0.4) is 0 Å². The fourth-order valence-corrected chi connectivity index (χ4v) is 9.75. The van der Waals surface area contributed by atoms with Crippen LogP contribution in [0.4, 0.5) is 0 Å². The second kappa shape index (κ2) is 12.3. The summed E-state index contributed by atoms with van der Waals surface area (Å²) in [5.41, 5.74) is 0.804. The van der Waals surface area contributed by atoms with Crippen LogP contribution >= 0.6 is 0 Å². The third-order valence-corrected chi connectivity index (χ3v) is 13.7. The SMILES string of the molecule is CCCCC[Si](OC(=O)C(C)(CC)[Si](OCC)OCC)(C(C)C)C(C)C. The molecule has 0 amide bonds. The van der Waals surface area contributed by atoms with Crippen LogP contribution in [0.5, 0.6) is 0 Å². The minimum atomic E-state index is -2.21. The molecular formula is C20H43O4Si2. The van der Waals surface area contributed by atoms with Crippen LogP contribution in [-0.4, -0.2) is 36.8 Å². The minimum absolute atomic E-state index is 0.0960. The summed E-state index contributed by atoms with van der Waals surface area (Å²) < 4.78 is 18.3. The quantitative estimate of drug-likeness (QED) is 0.255. The number of rotatable bonds is 14. The van der Waals surface area contributed by atoms with Gasteiger partial charge in [0.15, 0.2) is 0 Å². The first-order valence-corrected chi connectivity index (χ1v) is 14.1. The van der Waals surface area contributed by atoms with Crippen molar-refractivity contribution in [1.29, 1.82) is 0 Å². The average molecular weight is 404 g/mol. The van der Waals surface area contributed by atoms with Gasteiger partial charge in [-0.2, -0.15) is 0 Å². The number of unbranched alkanes of at least 4 members (excludes halogenated alkanes) is 2. The van der Waals surface area contributed by atoms with Crippen LogP contribution in [0.15, 0.2) is 0 Å². The van der Waals surface area contributed by atoms with E-state index in [1.54, 1.807) is 0 Å². The van der Waals surface area contributed by atoms with Gasteiger partial charge in [0.1, 0.15) is 5.04 Å². The highest BCUT2D eigenvalue weighted by atomic mass is 28.4. The van der Waals surface area contributed by atoms with Crippen molar-refractivity contribution in [1.82, 2.24) is 0 Å². The van der Waals surface area contributed by atoms with E-state index in [1.165, 1.54) is 12.8 Å². The first kappa shape index (κ1) is 25.8. The van der Waals surface area contributed by atoms with Gasteiger partial charge in [-0.05, 0) is 44.3 Å². The Bertz CT molecular complexity index is 387. The van der Waals surface area contributed by atoms with Crippen molar-refractivity contribution in [3.63, 3.8) is 0 Å². The highest BCUT2D eigenvalue weighted by molar-refractivity contribution is 6.78. The summed E-state index contributed by atoms with van der Waals surface area (Å²) in [6.45, 7) is 20.2. The molecule has 0 spiro atoms. The Hall–Kier alpha value is -0.176. The van der Waals surface area contributed by atoms with E-state index in [-0.39, 0.29) is 5.97 Å². The van der Waals surface area contributed by atoms with Crippen molar-refractivity contribution in [2.24, 2.45) is 0 Å². The fraction of sp³-hybridized carbons (Fsp3) is 0.950. The normalized spacial score (nSPS) is 14.9. The molecule has 0 saturated carbocycles. The Morgan fingerprint density at radius 1 is 0.962 bits per heavy atom. The molecular weight excluding hydrogens is 360 g/mol. The summed E-state index contributed by atoms with van der Waals surface area (Å²) in [5.74, 6) is -0.0960. The summed E-state index contributed by atoms with van der Waals surface area (Å²) in [7, 11) is -3.95. The van der Waals surface area contributed by atoms with Crippen LogP contribution < -0.4 is 0 Å². The Balaban J connectivity index is 5.65. The van der Waals surface area contributed by atoms with E-state index < -0.39 is 22.6 Å². The van der Waals surface area contributed by atoms with E-state index in [4.69, 9.17) is 13.3 Å². The summed E-state index contributed by atoms with van der Waals surface area (Å²) in [4.78, 5) is 13.4. The largest absolute Gasteiger partial charge is 0.518 e. The molecule has 0 bridgehead atoms. The summed E-state index contributed by atoms with van der Waals surface area (Å²) >= 11 is 0. The Labute approximate surface area is 165 Å². The molecule has 0 aliphatic rings. The Morgan fingerprint density at radius 3 is 1.81 bits per heavy atom. The molecule has 26 heavy (non-hydrogen) atoms. The molecule has 0 saturated heterocycles. The highest BCUT2D eigenvalue weighted by Gasteiger charge is 2.52. The molecule has 0 aliphatic heterocycles. The maximum atomic E-state index is 13.4. The summed E-state index contributed by atoms with van der Waals surface area (Å²) in [6.07, 6.45) is 4.20. The van der Waals surface area contributed by atoms with Gasteiger partial charge in [-0.1, -0.05) is 60.8 Å². The maximum Gasteiger partial charge on any atom is 0.402 e. The molecule has 1 unspecified atom stereocenters. The molecule has 0 heterocycles. The van der Waals surface area contributed by atoms with Crippen LogP contribution in [0.1, 0.15) is 88.0 Å². The summed E-state index contributed by atoms with van der Waals surface area (Å²) in [6, 6.07) is 1.05. The van der Waals surface area contributed by atoms with E-state index in [2.05, 4.69) is 34.6 Å². The predicted molar refractivity (Wildman–Crippen MR) is 114 cm³/mol. The lowest BCUT2D eigenvalue weighted by Gasteiger charge is -2.41. The van der Waals surface area contributed by atoms with Crippen LogP contribution in [-0.2, 0) is 18.1 Å². The molecule has 0 aromatic heterocycles. The van der Waals surface area contributed by atoms with Gasteiger partial charge in [-0.3, -0.25) is 4.79 Å². The zero-order valence-electron chi connectivity index (χ0n) is 18.7. The highest BCUT2D eigenvalue weighted by Crippen LogP contribution is 2.43. The molecule has 1 radical (unpaired) electrons. The number of carbonyl (C=O) groups is 1. The van der Waals surface area contributed by atoms with Gasteiger partial charge >= 0.3 is 9.28 Å². The number of hydrogen-bond acceptors (Lipinski definition) is 4. The topological polar surface area (TPSA) is 44.8 Å². The van der Waals surface area contributed by atoms with E-state index in [9.17, 15) is 4.79 Å². The monoisotopic (exact) mass is 403 g/mol. The number of hydrogen-bond donors (Lipinski definition) is 0. The molecule has 1 atom stereocenters. The van der Waals surface area contributed by atoms with Gasteiger partial charge in [-0.25, -0.2) is 0 Å². The van der Waals surface area contributed by atoms with Crippen LogP contribution in [0.25, 0.3) is 0 Å². The second-order valence-corrected chi connectivity index (χ2v) is 15.1. The van der Waals surface area contributed by atoms with E-state index in [1.807, 2.05) is 27.7 Å². The lowest BCUT2D eigenvalue weighted by molar-refractivity contribution is -0.140. The molecule has 0 aromatic carbocycles. The molecule has 6 heteroatoms. The van der Waals surface area contributed by atoms with Crippen molar-refractivity contribution in [2.45, 2.75) is 110 Å². The van der Waals surface area contributed by atoms with Crippen LogP contribution in [0.2, 0.25) is 22.2 Å². The third-order valence-electron chi connectivity index (χ3n) is 5.57. The van der Waals surface area contributed by atoms with Crippen LogP contribution in [0, 0.1) is 0 Å². The maximum absolute atomic E-state index is 13.4. The average Bonchev–Trinajstić information content (AvgIpc) is 2.59. The van der Waals surface area contributed by atoms with Gasteiger partial charge in [0.2, 0.25) is 0 Å². The lowest BCUT2D eigenvalue weighted by atomic mass is 10.1. The molecule has 0 N–H and O–H groups in total. The molecule has 0 aromatic rings. The van der Waals surface area contributed by atoms with Gasteiger partial charge < -0.3 is 13.3 Å². The molecule has 0 fully saturated rings. The first-order chi connectivity index (χ1) is 12.2. The minimum Gasteiger partial charge on any atom is -0.518 e. The van der Waals surface area contributed by atoms with Crippen molar-refractivity contribution in [3.05, 3.63) is 0 Å². The van der Waals surface area contributed by atoms with Crippen molar-refractivity contribution >= 4 is 23.6 Å². The molecule has 155 valence electrons. The van der Waals surface area contributed by atoms with Crippen molar-refractivity contribution in [2.75, 3.05) is 13.2 Å². The third kappa shape index (κ3) is 6.46. The Kier molecular flexibility index (Phi) is 12.2. The van der Waals surface area contributed by atoms with Gasteiger partial charge in [0, 0.05) is 13.2 Å². The van der Waals surface area contributed by atoms with E-state index >= 15 is 0 Å². The standard InChI is InChI=1S/C20H43O4Si2/c1-10-14-15-16-26(17(5)6,18(7)8)24-19(21)20(9,11-2)25(22-12-3)23-13-4/h17-18H,10-16H2,1-9H3. The smallest absolute Gasteiger partial charge is 0.402 e. The number of carbonyl (C=O) groups excluding carboxylic acids is 1. The first-order valence-electron chi connectivity index (χ1n) is 10.5. The van der Waals surface area contributed by atoms with Crippen molar-refractivity contribution < 1.29 is 18.1 Å². The summed E-state index contributed by atoms with van der Waals surface area (Å²) in [5, 5.41) is -0.677. The predicted octanol–water partition coefficient (Wildman–Crippen LogP) is 6.22. The molecule has 0 aliphatic carbocycles. The second-order valence-electron chi connectivity index (χ2n) is 7.95. The van der Waals surface area contributed by atoms with E-state index in [0.29, 0.717) is 30.7 Å². The van der Waals surface area contributed by atoms with Gasteiger partial charge in [-0.15, -0.1) is 0 Å². The molecule has 0 rings (SSSR count). The van der Waals surface area contributed by atoms with Gasteiger partial charge in [0.25, 0.3) is 14.3 Å². The molecule has 4 nitrogen and oxygen atoms in total. The fourth-order valence-electron chi connectivity index (χ4n) is 3.46. The lowest BCUT2D eigenvalue weighted by Crippen LogP contribution is -2.51. The zero-order chi connectivity index (χ0) is 20.4. The Morgan fingerprint density at radius 2 is 1.46 bits per heavy atom.